The normalized spacial score (nSPS) is 17.3. The van der Waals surface area contributed by atoms with Crippen LogP contribution in [0.25, 0.3) is 22.6 Å². The Morgan fingerprint density at radius 1 is 1.10 bits per heavy atom. The van der Waals surface area contributed by atoms with Gasteiger partial charge < -0.3 is 9.47 Å². The van der Waals surface area contributed by atoms with Crippen LogP contribution in [0, 0.1) is 11.8 Å². The maximum atomic E-state index is 13.7. The molecule has 1 fully saturated rings. The second-order valence-electron chi connectivity index (χ2n) is 9.97. The Morgan fingerprint density at radius 2 is 1.87 bits per heavy atom. The van der Waals surface area contributed by atoms with E-state index in [-0.39, 0.29) is 24.0 Å². The van der Waals surface area contributed by atoms with Crippen LogP contribution in [0.2, 0.25) is 0 Å². The zero-order chi connectivity index (χ0) is 27.4. The molecule has 0 radical (unpaired) electrons. The number of rotatable bonds is 9. The summed E-state index contributed by atoms with van der Waals surface area (Å²) in [6, 6.07) is 11.5. The molecule has 0 unspecified atom stereocenters. The fourth-order valence-corrected chi connectivity index (χ4v) is 5.04. The molecule has 0 bridgehead atoms. The Bertz CT molecular complexity index is 1400. The molecule has 1 aliphatic carbocycles. The van der Waals surface area contributed by atoms with Crippen molar-refractivity contribution in [2.45, 2.75) is 39.5 Å². The third kappa shape index (κ3) is 5.70. The summed E-state index contributed by atoms with van der Waals surface area (Å²) < 4.78 is 14.0. The maximum Gasteiger partial charge on any atom is 0.343 e. The van der Waals surface area contributed by atoms with Gasteiger partial charge in [0.15, 0.2) is 11.5 Å². The lowest BCUT2D eigenvalue weighted by Crippen LogP contribution is -2.40. The van der Waals surface area contributed by atoms with Crippen LogP contribution >= 0.6 is 0 Å². The van der Waals surface area contributed by atoms with Crippen molar-refractivity contribution in [2.75, 3.05) is 31.8 Å². The third-order valence-corrected chi connectivity index (χ3v) is 7.26. The minimum Gasteiger partial charge on any atom is -0.462 e. The van der Waals surface area contributed by atoms with Gasteiger partial charge in [0.05, 0.1) is 31.1 Å². The molecule has 4 aromatic rings. The number of amides is 1. The lowest BCUT2D eigenvalue weighted by Gasteiger charge is -2.30. The summed E-state index contributed by atoms with van der Waals surface area (Å²) in [5.41, 5.74) is 3.47. The number of esters is 1. The molecular weight excluding hydrogens is 496 g/mol. The number of nitrogens with zero attached hydrogens (tertiary/aromatic N) is 6. The van der Waals surface area contributed by atoms with E-state index in [0.717, 1.165) is 48.3 Å². The van der Waals surface area contributed by atoms with E-state index in [2.05, 4.69) is 17.0 Å². The van der Waals surface area contributed by atoms with Crippen LogP contribution in [0.1, 0.15) is 49.9 Å². The van der Waals surface area contributed by atoms with Gasteiger partial charge in [-0.25, -0.2) is 19.0 Å². The van der Waals surface area contributed by atoms with E-state index in [1.165, 1.54) is 0 Å². The molecule has 1 aliphatic rings. The predicted octanol–water partition coefficient (Wildman–Crippen LogP) is 4.56. The molecule has 3 heterocycles. The van der Waals surface area contributed by atoms with Crippen LogP contribution in [-0.2, 0) is 14.3 Å². The van der Waals surface area contributed by atoms with Crippen molar-refractivity contribution < 1.29 is 19.1 Å². The molecule has 0 aliphatic heterocycles. The molecule has 1 saturated carbocycles. The minimum atomic E-state index is -0.514. The van der Waals surface area contributed by atoms with Crippen LogP contribution in [0.15, 0.2) is 55.0 Å². The predicted molar refractivity (Wildman–Crippen MR) is 147 cm³/mol. The zero-order valence-corrected chi connectivity index (χ0v) is 22.6. The number of aromatic nitrogens is 5. The maximum absolute atomic E-state index is 13.7. The molecule has 10 heteroatoms. The van der Waals surface area contributed by atoms with Crippen molar-refractivity contribution in [2.24, 2.45) is 11.8 Å². The average Bonchev–Trinajstić information content (AvgIpc) is 3.59. The number of carbonyl (C=O) groups is 2. The van der Waals surface area contributed by atoms with E-state index in [4.69, 9.17) is 14.6 Å². The monoisotopic (exact) mass is 530 g/mol. The summed E-state index contributed by atoms with van der Waals surface area (Å²) in [5.74, 6) is 0.281. The van der Waals surface area contributed by atoms with Crippen LogP contribution in [0.4, 0.5) is 5.82 Å². The van der Waals surface area contributed by atoms with Crippen LogP contribution in [-0.4, -0.2) is 63.1 Å². The minimum absolute atomic E-state index is 0.0226. The van der Waals surface area contributed by atoms with E-state index in [0.29, 0.717) is 24.9 Å². The Kier molecular flexibility index (Phi) is 8.02. The van der Waals surface area contributed by atoms with Crippen molar-refractivity contribution in [1.29, 1.82) is 0 Å². The molecule has 39 heavy (non-hydrogen) atoms. The first kappa shape index (κ1) is 26.6. The molecule has 0 atom stereocenters. The molecular formula is C29H34N6O4. The van der Waals surface area contributed by atoms with E-state index >= 15 is 0 Å². The standard InChI is InChI=1S/C29H34N6O4/c1-4-39-29(37)24-19-35(23-12-10-21(11-13-23)25-18-26-30-14-5-15-34(26)31-25)32-27(24)33(16-17-38-3)28(36)22-8-6-20(2)7-9-22/h5,10-15,18-20,22H,4,6-9,16-17H2,1-3H3/t20-,22-. The largest absolute Gasteiger partial charge is 0.462 e. The highest BCUT2D eigenvalue weighted by Gasteiger charge is 2.33. The first-order valence-electron chi connectivity index (χ1n) is 13.5. The van der Waals surface area contributed by atoms with Crippen molar-refractivity contribution in [3.05, 3.63) is 60.6 Å². The van der Waals surface area contributed by atoms with Gasteiger partial charge in [-0.3, -0.25) is 9.69 Å². The Hall–Kier alpha value is -4.05. The number of benzene rings is 1. The molecule has 10 nitrogen and oxygen atoms in total. The fourth-order valence-electron chi connectivity index (χ4n) is 5.04. The molecule has 1 amide bonds. The van der Waals surface area contributed by atoms with E-state index in [1.54, 1.807) is 40.5 Å². The summed E-state index contributed by atoms with van der Waals surface area (Å²) in [6.07, 6.45) is 8.92. The summed E-state index contributed by atoms with van der Waals surface area (Å²) in [4.78, 5) is 32.6. The van der Waals surface area contributed by atoms with Crippen molar-refractivity contribution in [1.82, 2.24) is 24.4 Å². The highest BCUT2D eigenvalue weighted by atomic mass is 16.5. The smallest absolute Gasteiger partial charge is 0.343 e. The topological polar surface area (TPSA) is 104 Å². The molecule has 1 aromatic carbocycles. The average molecular weight is 531 g/mol. The van der Waals surface area contributed by atoms with Crippen molar-refractivity contribution in [3.8, 4) is 16.9 Å². The molecule has 0 spiro atoms. The summed E-state index contributed by atoms with van der Waals surface area (Å²) >= 11 is 0. The van der Waals surface area contributed by atoms with Crippen molar-refractivity contribution in [3.63, 3.8) is 0 Å². The zero-order valence-electron chi connectivity index (χ0n) is 22.6. The second kappa shape index (κ2) is 11.8. The Morgan fingerprint density at radius 3 is 2.56 bits per heavy atom. The number of hydrogen-bond donors (Lipinski definition) is 0. The highest BCUT2D eigenvalue weighted by Crippen LogP contribution is 2.32. The van der Waals surface area contributed by atoms with Crippen LogP contribution < -0.4 is 4.90 Å². The van der Waals surface area contributed by atoms with Crippen LogP contribution in [0.3, 0.4) is 0 Å². The quantitative estimate of drug-likeness (QED) is 0.292. The second-order valence-corrected chi connectivity index (χ2v) is 9.97. The van der Waals surface area contributed by atoms with Gasteiger partial charge in [0.2, 0.25) is 5.91 Å². The van der Waals surface area contributed by atoms with Gasteiger partial charge in [-0.1, -0.05) is 19.1 Å². The summed E-state index contributed by atoms with van der Waals surface area (Å²) in [7, 11) is 1.59. The SMILES string of the molecule is CCOC(=O)c1cn(-c2ccc(-c3cc4ncccn4n3)cc2)nc1N(CCOC)C(=O)[C@H]1CC[C@H](C)CC1. The van der Waals surface area contributed by atoms with Gasteiger partial charge in [0.25, 0.3) is 0 Å². The van der Waals surface area contributed by atoms with E-state index in [9.17, 15) is 9.59 Å². The number of methoxy groups -OCH3 is 1. The fraction of sp³-hybridized carbons (Fsp3) is 0.414. The lowest BCUT2D eigenvalue weighted by molar-refractivity contribution is -0.123. The molecule has 5 rings (SSSR count). The summed E-state index contributed by atoms with van der Waals surface area (Å²) in [5, 5.41) is 9.32. The van der Waals surface area contributed by atoms with Gasteiger partial charge in [0.1, 0.15) is 5.56 Å². The van der Waals surface area contributed by atoms with Crippen LogP contribution in [0.5, 0.6) is 0 Å². The molecule has 3 aromatic heterocycles. The van der Waals surface area contributed by atoms with Gasteiger partial charge in [-0.05, 0) is 56.7 Å². The number of hydrogen-bond acceptors (Lipinski definition) is 7. The Balaban J connectivity index is 1.48. The van der Waals surface area contributed by atoms with E-state index in [1.807, 2.05) is 42.6 Å². The van der Waals surface area contributed by atoms with Gasteiger partial charge in [-0.2, -0.15) is 5.10 Å². The number of anilines is 1. The molecule has 0 saturated heterocycles. The van der Waals surface area contributed by atoms with Gasteiger partial charge in [-0.15, -0.1) is 5.10 Å². The third-order valence-electron chi connectivity index (χ3n) is 7.26. The molecule has 0 N–H and O–H groups in total. The first-order chi connectivity index (χ1) is 19.0. The van der Waals surface area contributed by atoms with Gasteiger partial charge in [0, 0.05) is 43.2 Å². The number of fused-ring (bicyclic) bond motifs is 1. The highest BCUT2D eigenvalue weighted by molar-refractivity contribution is 6.02. The molecule has 204 valence electrons. The first-order valence-corrected chi connectivity index (χ1v) is 13.5. The van der Waals surface area contributed by atoms with Gasteiger partial charge >= 0.3 is 5.97 Å². The van der Waals surface area contributed by atoms with E-state index < -0.39 is 5.97 Å². The Labute approximate surface area is 227 Å². The lowest BCUT2D eigenvalue weighted by atomic mass is 9.82. The summed E-state index contributed by atoms with van der Waals surface area (Å²) in [6.45, 7) is 4.82. The number of carbonyl (C=O) groups excluding carboxylic acids is 2. The van der Waals surface area contributed by atoms with Crippen molar-refractivity contribution >= 4 is 23.3 Å². The number of ether oxygens (including phenoxy) is 2.